The lowest BCUT2D eigenvalue weighted by molar-refractivity contribution is -0.131. The van der Waals surface area contributed by atoms with E-state index < -0.39 is 0 Å². The van der Waals surface area contributed by atoms with E-state index >= 15 is 0 Å². The Kier molecular flexibility index (Phi) is 4.18. The van der Waals surface area contributed by atoms with Crippen LogP contribution in [0.3, 0.4) is 0 Å². The highest BCUT2D eigenvalue weighted by Gasteiger charge is 1.99. The molecule has 0 radical (unpaired) electrons. The first-order valence-corrected chi connectivity index (χ1v) is 6.10. The van der Waals surface area contributed by atoms with Gasteiger partial charge in [0, 0.05) is 6.92 Å². The minimum absolute atomic E-state index is 0.326. The summed E-state index contributed by atoms with van der Waals surface area (Å²) in [7, 11) is 0. The smallest absolute Gasteiger partial charge is 0.308 e. The molecule has 0 spiro atoms. The van der Waals surface area contributed by atoms with Crippen molar-refractivity contribution in [2.24, 2.45) is 0 Å². The molecule has 0 fully saturated rings. The molecule has 0 atom stereocenters. The van der Waals surface area contributed by atoms with Crippen LogP contribution in [0.2, 0.25) is 0 Å². The van der Waals surface area contributed by atoms with Crippen LogP contribution in [0.1, 0.15) is 18.1 Å². The molecule has 0 aliphatic heterocycles. The molecule has 0 amide bonds. The van der Waals surface area contributed by atoms with Gasteiger partial charge < -0.3 is 9.47 Å². The molecule has 0 saturated carbocycles. The SMILES string of the molecule is CC(=O)Oc1ccc(OCc2ccc(C)cc2)cc1. The molecule has 3 nitrogen and oxygen atoms in total. The lowest BCUT2D eigenvalue weighted by atomic mass is 10.2. The number of benzene rings is 2. The van der Waals surface area contributed by atoms with Crippen LogP contribution in [0.25, 0.3) is 0 Å². The maximum absolute atomic E-state index is 10.8. The van der Waals surface area contributed by atoms with E-state index in [1.165, 1.54) is 12.5 Å². The van der Waals surface area contributed by atoms with Crippen LogP contribution in [0, 0.1) is 6.92 Å². The number of esters is 1. The molecule has 0 unspecified atom stereocenters. The minimum atomic E-state index is -0.326. The van der Waals surface area contributed by atoms with Gasteiger partial charge in [-0.15, -0.1) is 0 Å². The number of carbonyl (C=O) groups is 1. The van der Waals surface area contributed by atoms with Gasteiger partial charge in [-0.05, 0) is 36.8 Å². The van der Waals surface area contributed by atoms with E-state index in [2.05, 4.69) is 19.1 Å². The zero-order valence-electron chi connectivity index (χ0n) is 11.1. The van der Waals surface area contributed by atoms with Crippen molar-refractivity contribution in [1.29, 1.82) is 0 Å². The average molecular weight is 256 g/mol. The molecule has 0 aliphatic carbocycles. The fourth-order valence-corrected chi connectivity index (χ4v) is 1.62. The van der Waals surface area contributed by atoms with Crippen LogP contribution in [-0.4, -0.2) is 5.97 Å². The molecular weight excluding hydrogens is 240 g/mol. The Morgan fingerprint density at radius 2 is 1.53 bits per heavy atom. The molecule has 0 saturated heterocycles. The summed E-state index contributed by atoms with van der Waals surface area (Å²) in [6.07, 6.45) is 0. The summed E-state index contributed by atoms with van der Waals surface area (Å²) in [5.74, 6) is 0.944. The third kappa shape index (κ3) is 4.14. The second-order valence-corrected chi connectivity index (χ2v) is 4.34. The van der Waals surface area contributed by atoms with Crippen molar-refractivity contribution in [3.8, 4) is 11.5 Å². The highest BCUT2D eigenvalue weighted by atomic mass is 16.5. The molecule has 2 aromatic carbocycles. The Morgan fingerprint density at radius 3 is 2.11 bits per heavy atom. The number of aryl methyl sites for hydroxylation is 1. The van der Waals surface area contributed by atoms with Crippen molar-refractivity contribution in [2.45, 2.75) is 20.5 Å². The van der Waals surface area contributed by atoms with Crippen molar-refractivity contribution >= 4 is 5.97 Å². The van der Waals surface area contributed by atoms with Crippen molar-refractivity contribution in [2.75, 3.05) is 0 Å². The third-order valence-electron chi connectivity index (χ3n) is 2.61. The second kappa shape index (κ2) is 6.05. The number of rotatable bonds is 4. The molecule has 0 heterocycles. The Morgan fingerprint density at radius 1 is 0.947 bits per heavy atom. The van der Waals surface area contributed by atoms with Gasteiger partial charge in [-0.2, -0.15) is 0 Å². The van der Waals surface area contributed by atoms with Crippen molar-refractivity contribution in [3.05, 3.63) is 59.7 Å². The zero-order valence-corrected chi connectivity index (χ0v) is 11.1. The third-order valence-corrected chi connectivity index (χ3v) is 2.61. The Hall–Kier alpha value is -2.29. The molecule has 0 bridgehead atoms. The quantitative estimate of drug-likeness (QED) is 0.620. The highest BCUT2D eigenvalue weighted by Crippen LogP contribution is 2.18. The summed E-state index contributed by atoms with van der Waals surface area (Å²) < 4.78 is 10.6. The van der Waals surface area contributed by atoms with Crippen molar-refractivity contribution in [3.63, 3.8) is 0 Å². The van der Waals surface area contributed by atoms with Crippen molar-refractivity contribution < 1.29 is 14.3 Å². The van der Waals surface area contributed by atoms with E-state index in [4.69, 9.17) is 9.47 Å². The maximum atomic E-state index is 10.8. The van der Waals surface area contributed by atoms with Gasteiger partial charge in [-0.3, -0.25) is 4.79 Å². The fourth-order valence-electron chi connectivity index (χ4n) is 1.62. The van der Waals surface area contributed by atoms with Gasteiger partial charge in [0.2, 0.25) is 0 Å². The number of hydrogen-bond donors (Lipinski definition) is 0. The van der Waals surface area contributed by atoms with Crippen LogP contribution in [0.4, 0.5) is 0 Å². The first kappa shape index (κ1) is 13.1. The molecule has 2 aromatic rings. The van der Waals surface area contributed by atoms with E-state index in [1.54, 1.807) is 24.3 Å². The van der Waals surface area contributed by atoms with Crippen LogP contribution < -0.4 is 9.47 Å². The first-order chi connectivity index (χ1) is 9.13. The Balaban J connectivity index is 1.92. The predicted octanol–water partition coefficient (Wildman–Crippen LogP) is 3.50. The van der Waals surface area contributed by atoms with Gasteiger partial charge in [0.25, 0.3) is 0 Å². The molecule has 0 aliphatic rings. The fraction of sp³-hybridized carbons (Fsp3) is 0.188. The van der Waals surface area contributed by atoms with E-state index in [0.29, 0.717) is 12.4 Å². The summed E-state index contributed by atoms with van der Waals surface area (Å²) in [4.78, 5) is 10.8. The molecule has 3 heteroatoms. The van der Waals surface area contributed by atoms with Gasteiger partial charge in [0.05, 0.1) is 0 Å². The topological polar surface area (TPSA) is 35.5 Å². The van der Waals surface area contributed by atoms with Gasteiger partial charge in [0.1, 0.15) is 18.1 Å². The van der Waals surface area contributed by atoms with Crippen LogP contribution in [-0.2, 0) is 11.4 Å². The zero-order chi connectivity index (χ0) is 13.7. The monoisotopic (exact) mass is 256 g/mol. The summed E-state index contributed by atoms with van der Waals surface area (Å²) in [5.41, 5.74) is 2.35. The molecular formula is C16H16O3. The average Bonchev–Trinajstić information content (AvgIpc) is 2.39. The van der Waals surface area contributed by atoms with E-state index in [-0.39, 0.29) is 5.97 Å². The van der Waals surface area contributed by atoms with E-state index in [1.807, 2.05) is 12.1 Å². The van der Waals surface area contributed by atoms with E-state index in [9.17, 15) is 4.79 Å². The largest absolute Gasteiger partial charge is 0.489 e. The second-order valence-electron chi connectivity index (χ2n) is 4.34. The Labute approximate surface area is 112 Å². The molecule has 0 N–H and O–H groups in total. The lowest BCUT2D eigenvalue weighted by Gasteiger charge is -2.07. The summed E-state index contributed by atoms with van der Waals surface area (Å²) in [5, 5.41) is 0. The molecule has 0 aromatic heterocycles. The molecule has 98 valence electrons. The highest BCUT2D eigenvalue weighted by molar-refractivity contribution is 5.69. The summed E-state index contributed by atoms with van der Waals surface area (Å²) in [6, 6.07) is 15.2. The van der Waals surface area contributed by atoms with Gasteiger partial charge in [-0.1, -0.05) is 29.8 Å². The summed E-state index contributed by atoms with van der Waals surface area (Å²) >= 11 is 0. The number of hydrogen-bond acceptors (Lipinski definition) is 3. The minimum Gasteiger partial charge on any atom is -0.489 e. The van der Waals surface area contributed by atoms with Crippen LogP contribution in [0.5, 0.6) is 11.5 Å². The van der Waals surface area contributed by atoms with Gasteiger partial charge in [-0.25, -0.2) is 0 Å². The van der Waals surface area contributed by atoms with E-state index in [0.717, 1.165) is 11.3 Å². The van der Waals surface area contributed by atoms with Gasteiger partial charge in [0.15, 0.2) is 0 Å². The molecule has 2 rings (SSSR count). The van der Waals surface area contributed by atoms with Crippen LogP contribution >= 0.6 is 0 Å². The van der Waals surface area contributed by atoms with Gasteiger partial charge >= 0.3 is 5.97 Å². The van der Waals surface area contributed by atoms with Crippen LogP contribution in [0.15, 0.2) is 48.5 Å². The maximum Gasteiger partial charge on any atom is 0.308 e. The normalized spacial score (nSPS) is 10.0. The standard InChI is InChI=1S/C16H16O3/c1-12-3-5-14(6-4-12)11-18-15-7-9-16(10-8-15)19-13(2)17/h3-10H,11H2,1-2H3. The predicted molar refractivity (Wildman–Crippen MR) is 73.3 cm³/mol. The first-order valence-electron chi connectivity index (χ1n) is 6.10. The summed E-state index contributed by atoms with van der Waals surface area (Å²) in [6.45, 7) is 3.95. The number of ether oxygens (including phenoxy) is 2. The number of carbonyl (C=O) groups excluding carboxylic acids is 1. The molecule has 19 heavy (non-hydrogen) atoms. The Bertz CT molecular complexity index is 541. The lowest BCUT2D eigenvalue weighted by Crippen LogP contribution is -2.01. The van der Waals surface area contributed by atoms with Crippen molar-refractivity contribution in [1.82, 2.24) is 0 Å².